The molecule has 3 atom stereocenters. The number of hydrogen-bond donors (Lipinski definition) is 2. The van der Waals surface area contributed by atoms with Crippen molar-refractivity contribution in [3.63, 3.8) is 0 Å². The first-order valence-electron chi connectivity index (χ1n) is 10.6. The Hall–Kier alpha value is -2.20. The SMILES string of the molecule is COc1ccccc1Nc1cc2c(cc1OC)C13CCCCC1C(CCN3)C2. The van der Waals surface area contributed by atoms with Gasteiger partial charge in [0, 0.05) is 5.54 Å². The topological polar surface area (TPSA) is 42.5 Å². The van der Waals surface area contributed by atoms with E-state index in [1.807, 2.05) is 24.3 Å². The molecule has 2 aromatic carbocycles. The summed E-state index contributed by atoms with van der Waals surface area (Å²) in [4.78, 5) is 0. The highest BCUT2D eigenvalue weighted by atomic mass is 16.5. The van der Waals surface area contributed by atoms with Crippen LogP contribution in [0.5, 0.6) is 11.5 Å². The summed E-state index contributed by atoms with van der Waals surface area (Å²) in [6.45, 7) is 1.14. The predicted octanol–water partition coefficient (Wildman–Crippen LogP) is 5.00. The molecule has 0 amide bonds. The van der Waals surface area contributed by atoms with Gasteiger partial charge in [0.05, 0.1) is 25.6 Å². The predicted molar refractivity (Wildman–Crippen MR) is 113 cm³/mol. The van der Waals surface area contributed by atoms with E-state index in [0.717, 1.165) is 41.3 Å². The third kappa shape index (κ3) is 2.69. The Morgan fingerprint density at radius 1 is 1.00 bits per heavy atom. The second-order valence-corrected chi connectivity index (χ2v) is 8.54. The van der Waals surface area contributed by atoms with Gasteiger partial charge in [0.2, 0.25) is 0 Å². The van der Waals surface area contributed by atoms with Crippen LogP contribution in [0.1, 0.15) is 43.2 Å². The fraction of sp³-hybridized carbons (Fsp3) is 0.500. The van der Waals surface area contributed by atoms with E-state index >= 15 is 0 Å². The zero-order valence-electron chi connectivity index (χ0n) is 16.9. The van der Waals surface area contributed by atoms with Crippen LogP contribution in [0.4, 0.5) is 11.4 Å². The van der Waals surface area contributed by atoms with E-state index in [1.165, 1.54) is 49.7 Å². The standard InChI is InChI=1S/C24H30N2O2/c1-27-22-9-4-3-8-20(22)26-21-14-17-13-16-10-12-25-24(11-6-5-7-18(16)24)19(17)15-23(21)28-2/h3-4,8-9,14-16,18,25-26H,5-7,10-13H2,1-2H3. The Balaban J connectivity index is 1.59. The first kappa shape index (κ1) is 17.9. The smallest absolute Gasteiger partial charge is 0.142 e. The van der Waals surface area contributed by atoms with Crippen molar-refractivity contribution in [1.29, 1.82) is 0 Å². The van der Waals surface area contributed by atoms with Gasteiger partial charge in [-0.15, -0.1) is 0 Å². The van der Waals surface area contributed by atoms with Crippen LogP contribution in [0.15, 0.2) is 36.4 Å². The Kier molecular flexibility index (Phi) is 4.47. The zero-order valence-corrected chi connectivity index (χ0v) is 16.9. The molecule has 2 N–H and O–H groups in total. The van der Waals surface area contributed by atoms with E-state index in [4.69, 9.17) is 9.47 Å². The Labute approximate surface area is 167 Å². The highest BCUT2D eigenvalue weighted by molar-refractivity contribution is 5.72. The van der Waals surface area contributed by atoms with E-state index in [2.05, 4.69) is 22.8 Å². The average Bonchev–Trinajstić information content (AvgIpc) is 2.74. The fourth-order valence-electron chi connectivity index (χ4n) is 6.06. The molecule has 2 aromatic rings. The highest BCUT2D eigenvalue weighted by Gasteiger charge is 2.51. The van der Waals surface area contributed by atoms with Gasteiger partial charge in [-0.1, -0.05) is 25.0 Å². The van der Waals surface area contributed by atoms with Crippen molar-refractivity contribution in [2.75, 3.05) is 26.1 Å². The van der Waals surface area contributed by atoms with Gasteiger partial charge in [0.15, 0.2) is 0 Å². The van der Waals surface area contributed by atoms with Crippen molar-refractivity contribution >= 4 is 11.4 Å². The molecule has 4 heteroatoms. The fourth-order valence-corrected chi connectivity index (χ4v) is 6.06. The molecule has 2 bridgehead atoms. The highest BCUT2D eigenvalue weighted by Crippen LogP contribution is 2.55. The molecule has 0 radical (unpaired) electrons. The summed E-state index contributed by atoms with van der Waals surface area (Å²) in [7, 11) is 3.48. The molecular weight excluding hydrogens is 348 g/mol. The number of anilines is 2. The number of fused-ring (bicyclic) bond motifs is 1. The molecule has 1 saturated heterocycles. The van der Waals surface area contributed by atoms with Crippen LogP contribution in [0.2, 0.25) is 0 Å². The minimum atomic E-state index is 0.158. The van der Waals surface area contributed by atoms with Crippen molar-refractivity contribution in [2.45, 2.75) is 44.1 Å². The van der Waals surface area contributed by atoms with Gasteiger partial charge in [-0.25, -0.2) is 0 Å². The van der Waals surface area contributed by atoms with Crippen LogP contribution in [-0.2, 0) is 12.0 Å². The van der Waals surface area contributed by atoms with Crippen LogP contribution in [-0.4, -0.2) is 20.8 Å². The van der Waals surface area contributed by atoms with Gasteiger partial charge in [0.1, 0.15) is 11.5 Å². The number of rotatable bonds is 4. The second-order valence-electron chi connectivity index (χ2n) is 8.54. The first-order chi connectivity index (χ1) is 13.7. The molecule has 0 spiro atoms. The van der Waals surface area contributed by atoms with Crippen LogP contribution in [0, 0.1) is 11.8 Å². The van der Waals surface area contributed by atoms with Crippen molar-refractivity contribution < 1.29 is 9.47 Å². The monoisotopic (exact) mass is 378 g/mol. The van der Waals surface area contributed by atoms with Crippen molar-refractivity contribution in [3.05, 3.63) is 47.5 Å². The summed E-state index contributed by atoms with van der Waals surface area (Å²) in [6.07, 6.45) is 7.80. The van der Waals surface area contributed by atoms with Gasteiger partial charge in [-0.3, -0.25) is 0 Å². The van der Waals surface area contributed by atoms with Crippen LogP contribution < -0.4 is 20.1 Å². The minimum Gasteiger partial charge on any atom is -0.495 e. The summed E-state index contributed by atoms with van der Waals surface area (Å²) in [5.74, 6) is 3.34. The molecule has 3 unspecified atom stereocenters. The molecule has 0 aromatic heterocycles. The lowest BCUT2D eigenvalue weighted by atomic mass is 9.56. The normalized spacial score (nSPS) is 28.1. The molecule has 2 aliphatic carbocycles. The summed E-state index contributed by atoms with van der Waals surface area (Å²) < 4.78 is 11.4. The Morgan fingerprint density at radius 3 is 2.71 bits per heavy atom. The van der Waals surface area contributed by atoms with E-state index < -0.39 is 0 Å². The zero-order chi connectivity index (χ0) is 19.1. The molecule has 1 saturated carbocycles. The third-order valence-electron chi connectivity index (χ3n) is 7.26. The molecule has 3 aliphatic rings. The molecular formula is C24H30N2O2. The van der Waals surface area contributed by atoms with E-state index in [1.54, 1.807) is 14.2 Å². The number of nitrogens with one attached hydrogen (secondary N) is 2. The van der Waals surface area contributed by atoms with Crippen LogP contribution in [0.25, 0.3) is 0 Å². The Bertz CT molecular complexity index is 877. The molecule has 1 aliphatic heterocycles. The van der Waals surface area contributed by atoms with Gasteiger partial charge < -0.3 is 20.1 Å². The maximum Gasteiger partial charge on any atom is 0.142 e. The maximum absolute atomic E-state index is 5.84. The van der Waals surface area contributed by atoms with Crippen molar-refractivity contribution in [3.8, 4) is 11.5 Å². The number of para-hydroxylation sites is 2. The van der Waals surface area contributed by atoms with Crippen LogP contribution in [0.3, 0.4) is 0 Å². The van der Waals surface area contributed by atoms with E-state index in [9.17, 15) is 0 Å². The summed E-state index contributed by atoms with van der Waals surface area (Å²) >= 11 is 0. The second kappa shape index (κ2) is 7.00. The van der Waals surface area contributed by atoms with Gasteiger partial charge in [0.25, 0.3) is 0 Å². The van der Waals surface area contributed by atoms with Crippen molar-refractivity contribution in [1.82, 2.24) is 5.32 Å². The maximum atomic E-state index is 5.84. The lowest BCUT2D eigenvalue weighted by Crippen LogP contribution is -2.59. The van der Waals surface area contributed by atoms with Gasteiger partial charge in [-0.05, 0) is 79.5 Å². The quantitative estimate of drug-likeness (QED) is 0.786. The number of methoxy groups -OCH3 is 2. The first-order valence-corrected chi connectivity index (χ1v) is 10.6. The number of benzene rings is 2. The molecule has 28 heavy (non-hydrogen) atoms. The Morgan fingerprint density at radius 2 is 1.86 bits per heavy atom. The van der Waals surface area contributed by atoms with Crippen LogP contribution >= 0.6 is 0 Å². The molecule has 5 rings (SSSR count). The number of piperidine rings is 1. The number of hydrogen-bond acceptors (Lipinski definition) is 4. The molecule has 1 heterocycles. The summed E-state index contributed by atoms with van der Waals surface area (Å²) in [5.41, 5.74) is 5.11. The lowest BCUT2D eigenvalue weighted by molar-refractivity contribution is 0.0346. The van der Waals surface area contributed by atoms with Gasteiger partial charge in [-0.2, -0.15) is 0 Å². The summed E-state index contributed by atoms with van der Waals surface area (Å²) in [5, 5.41) is 7.52. The minimum absolute atomic E-state index is 0.158. The average molecular weight is 379 g/mol. The number of ether oxygens (including phenoxy) is 2. The van der Waals surface area contributed by atoms with E-state index in [0.29, 0.717) is 0 Å². The molecule has 2 fully saturated rings. The van der Waals surface area contributed by atoms with Gasteiger partial charge >= 0.3 is 0 Å². The van der Waals surface area contributed by atoms with E-state index in [-0.39, 0.29) is 5.54 Å². The van der Waals surface area contributed by atoms with Crippen molar-refractivity contribution in [2.24, 2.45) is 11.8 Å². The summed E-state index contributed by atoms with van der Waals surface area (Å²) in [6, 6.07) is 12.7. The largest absolute Gasteiger partial charge is 0.495 e. The molecule has 148 valence electrons. The lowest BCUT2D eigenvalue weighted by Gasteiger charge is -2.56. The third-order valence-corrected chi connectivity index (χ3v) is 7.26. The molecule has 4 nitrogen and oxygen atoms in total.